The molecule has 5 aromatic rings. The highest BCUT2D eigenvalue weighted by Gasteiger charge is 2.12. The van der Waals surface area contributed by atoms with Crippen molar-refractivity contribution in [3.8, 4) is 11.8 Å². The van der Waals surface area contributed by atoms with E-state index in [1.807, 2.05) is 57.3 Å². The van der Waals surface area contributed by atoms with E-state index in [0.717, 1.165) is 45.5 Å². The van der Waals surface area contributed by atoms with Crippen LogP contribution in [0.25, 0.3) is 27.6 Å². The zero-order valence-electron chi connectivity index (χ0n) is 24.7. The van der Waals surface area contributed by atoms with Crippen molar-refractivity contribution in [1.29, 1.82) is 5.26 Å². The van der Waals surface area contributed by atoms with Gasteiger partial charge in [-0.3, -0.25) is 4.79 Å². The van der Waals surface area contributed by atoms with Crippen LogP contribution in [0.2, 0.25) is 0 Å². The molecule has 0 saturated heterocycles. The van der Waals surface area contributed by atoms with Crippen LogP contribution < -0.4 is 4.74 Å². The second-order valence-electron chi connectivity index (χ2n) is 10.3. The molecule has 1 aliphatic rings. The molecule has 43 heavy (non-hydrogen) atoms. The van der Waals surface area contributed by atoms with Crippen molar-refractivity contribution in [3.63, 3.8) is 0 Å². The largest absolute Gasteiger partial charge is 0.486 e. The first-order valence-corrected chi connectivity index (χ1v) is 14.7. The number of nitrogens with one attached hydrogen (secondary N) is 2. The van der Waals surface area contributed by atoms with Gasteiger partial charge >= 0.3 is 0 Å². The molecule has 7 nitrogen and oxygen atoms in total. The number of imidazole rings is 1. The van der Waals surface area contributed by atoms with E-state index in [1.54, 1.807) is 30.5 Å². The third-order valence-electron chi connectivity index (χ3n) is 7.32. The Bertz CT molecular complexity index is 1660. The molecule has 7 heteroatoms. The average Bonchev–Trinajstić information content (AvgIpc) is 3.69. The number of pyridine rings is 1. The third kappa shape index (κ3) is 8.42. The van der Waals surface area contributed by atoms with Gasteiger partial charge in [0.05, 0.1) is 17.8 Å². The zero-order valence-corrected chi connectivity index (χ0v) is 24.7. The van der Waals surface area contributed by atoms with E-state index in [4.69, 9.17) is 10.00 Å². The average molecular weight is 580 g/mol. The quantitative estimate of drug-likeness (QED) is 0.187. The molecular weight excluding hydrogens is 534 g/mol. The molecule has 226 valence electrons. The predicted molar refractivity (Wildman–Crippen MR) is 178 cm³/mol. The number of nitriles is 1. The van der Waals surface area contributed by atoms with E-state index in [0.29, 0.717) is 22.7 Å². The molecule has 1 aliphatic carbocycles. The van der Waals surface area contributed by atoms with Gasteiger partial charge in [-0.15, -0.1) is 0 Å². The minimum Gasteiger partial charge on any atom is -0.486 e. The number of carbonyl (C=O) groups excluding carboxylic acids is 1. The zero-order chi connectivity index (χ0) is 29.9. The lowest BCUT2D eigenvalue weighted by atomic mass is 9.87. The molecule has 0 radical (unpaired) electrons. The second-order valence-corrected chi connectivity index (χ2v) is 10.3. The monoisotopic (exact) mass is 579 g/mol. The summed E-state index contributed by atoms with van der Waals surface area (Å²) in [5.74, 6) is 2.09. The van der Waals surface area contributed by atoms with Crippen LogP contribution in [0, 0.1) is 17.2 Å². The van der Waals surface area contributed by atoms with Gasteiger partial charge in [0.15, 0.2) is 5.78 Å². The maximum Gasteiger partial charge on any atom is 0.193 e. The van der Waals surface area contributed by atoms with Crippen molar-refractivity contribution in [2.24, 2.45) is 5.92 Å². The first-order valence-electron chi connectivity index (χ1n) is 14.7. The summed E-state index contributed by atoms with van der Waals surface area (Å²) in [6.07, 6.45) is 11.1. The highest BCUT2D eigenvalue weighted by atomic mass is 16.5. The van der Waals surface area contributed by atoms with Crippen molar-refractivity contribution in [1.82, 2.24) is 19.9 Å². The fourth-order valence-electron chi connectivity index (χ4n) is 5.04. The van der Waals surface area contributed by atoms with Crippen molar-refractivity contribution in [2.75, 3.05) is 0 Å². The van der Waals surface area contributed by atoms with E-state index in [-0.39, 0.29) is 21.2 Å². The number of H-pyrrole nitrogens is 2. The Morgan fingerprint density at radius 2 is 1.65 bits per heavy atom. The maximum atomic E-state index is 12.7. The molecule has 2 N–H and O–H groups in total. The first-order chi connectivity index (χ1) is 20.5. The maximum absolute atomic E-state index is 12.7. The molecule has 2 aromatic carbocycles. The van der Waals surface area contributed by atoms with Crippen LogP contribution in [-0.4, -0.2) is 25.7 Å². The molecule has 0 bridgehead atoms. The number of ketones is 1. The summed E-state index contributed by atoms with van der Waals surface area (Å²) in [6.45, 7) is 10.2. The molecule has 0 aliphatic heterocycles. The summed E-state index contributed by atoms with van der Waals surface area (Å²) in [5.41, 5.74) is 5.79. The first kappa shape index (κ1) is 32.8. The number of allylic oxidation sites excluding steroid dienone is 1. The molecule has 6 rings (SSSR count). The van der Waals surface area contributed by atoms with E-state index in [1.165, 1.54) is 32.1 Å². The molecule has 0 amide bonds. The minimum atomic E-state index is -0.0277. The highest BCUT2D eigenvalue weighted by molar-refractivity contribution is 6.09. The second kappa shape index (κ2) is 16.1. The van der Waals surface area contributed by atoms with E-state index in [2.05, 4.69) is 32.6 Å². The summed E-state index contributed by atoms with van der Waals surface area (Å²) >= 11 is 0. The lowest BCUT2D eigenvalue weighted by molar-refractivity contribution is 0.103. The number of benzene rings is 2. The number of aromatic amines is 2. The molecule has 0 atom stereocenters. The normalized spacial score (nSPS) is 12.6. The van der Waals surface area contributed by atoms with Crippen LogP contribution in [-0.2, 0) is 6.61 Å². The fourth-order valence-corrected chi connectivity index (χ4v) is 5.04. The van der Waals surface area contributed by atoms with Crippen LogP contribution >= 0.6 is 0 Å². The lowest BCUT2D eigenvalue weighted by Gasteiger charge is -2.17. The van der Waals surface area contributed by atoms with Crippen molar-refractivity contribution in [2.45, 2.75) is 73.3 Å². The van der Waals surface area contributed by atoms with Gasteiger partial charge in [0.2, 0.25) is 0 Å². The summed E-state index contributed by atoms with van der Waals surface area (Å²) < 4.78 is 5.85. The van der Waals surface area contributed by atoms with Crippen LogP contribution in [0.4, 0.5) is 0 Å². The smallest absolute Gasteiger partial charge is 0.193 e. The topological polar surface area (TPSA) is 107 Å². The lowest BCUT2D eigenvalue weighted by Crippen LogP contribution is -2.04. The van der Waals surface area contributed by atoms with E-state index < -0.39 is 0 Å². The molecule has 1 saturated carbocycles. The number of fused-ring (bicyclic) bond motifs is 3. The number of carbonyl (C=O) groups is 1. The summed E-state index contributed by atoms with van der Waals surface area (Å²) in [6, 6.07) is 18.8. The van der Waals surface area contributed by atoms with Gasteiger partial charge in [0.25, 0.3) is 0 Å². The Balaban J connectivity index is 0.000000446. The Kier molecular flexibility index (Phi) is 12.3. The number of hydrogen-bond donors (Lipinski definition) is 2. The molecule has 0 unspecified atom stereocenters. The van der Waals surface area contributed by atoms with Gasteiger partial charge in [-0.05, 0) is 61.6 Å². The third-order valence-corrected chi connectivity index (χ3v) is 7.32. The van der Waals surface area contributed by atoms with Gasteiger partial charge in [-0.1, -0.05) is 77.0 Å². The number of nitrogens with zero attached hydrogens (tertiary/aromatic N) is 3. The Morgan fingerprint density at radius 1 is 1.02 bits per heavy atom. The fraction of sp³-hybridized carbons (Fsp3) is 0.333. The van der Waals surface area contributed by atoms with E-state index >= 15 is 0 Å². The van der Waals surface area contributed by atoms with Crippen LogP contribution in [0.5, 0.6) is 5.75 Å². The van der Waals surface area contributed by atoms with Crippen LogP contribution in [0.15, 0.2) is 73.6 Å². The predicted octanol–water partition coefficient (Wildman–Crippen LogP) is 9.67. The highest BCUT2D eigenvalue weighted by Crippen LogP contribution is 2.25. The Labute approximate surface area is 256 Å². The van der Waals surface area contributed by atoms with Gasteiger partial charge in [0.1, 0.15) is 29.3 Å². The Morgan fingerprint density at radius 3 is 2.28 bits per heavy atom. The number of aromatic nitrogens is 4. The number of ether oxygens (including phenoxy) is 1. The molecule has 0 spiro atoms. The molecule has 1 fully saturated rings. The summed E-state index contributed by atoms with van der Waals surface area (Å²) in [4.78, 5) is 28.0. The van der Waals surface area contributed by atoms with Crippen LogP contribution in [0.1, 0.15) is 95.5 Å². The van der Waals surface area contributed by atoms with Crippen LogP contribution in [0.3, 0.4) is 0 Å². The Hall–Kier alpha value is -4.70. The van der Waals surface area contributed by atoms with Crippen molar-refractivity contribution < 1.29 is 11.0 Å². The molecular formula is C36H45N5O2. The molecule has 3 heterocycles. The van der Waals surface area contributed by atoms with Crippen molar-refractivity contribution in [3.05, 3.63) is 96.1 Å². The van der Waals surface area contributed by atoms with Gasteiger partial charge in [0, 0.05) is 30.6 Å². The summed E-state index contributed by atoms with van der Waals surface area (Å²) in [7, 11) is 0. The SMILES string of the molecule is C.C=C(C)c1ccc(C(=O)c2ccc(OCc3nc4c(cnc5[nH]ccc54)[nH]3)cc2)cc1.CC.N#CCC1CCCCC1.[HH]. The summed E-state index contributed by atoms with van der Waals surface area (Å²) in [5, 5.41) is 9.34. The van der Waals surface area contributed by atoms with Gasteiger partial charge in [-0.25, -0.2) is 9.97 Å². The number of hydrogen-bond acceptors (Lipinski definition) is 5. The number of rotatable bonds is 7. The van der Waals surface area contributed by atoms with E-state index in [9.17, 15) is 4.79 Å². The minimum absolute atomic E-state index is 0. The molecule has 3 aromatic heterocycles. The van der Waals surface area contributed by atoms with Crippen molar-refractivity contribution >= 4 is 33.4 Å². The van der Waals surface area contributed by atoms with Gasteiger partial charge < -0.3 is 14.7 Å². The standard InChI is InChI=1S/C25H20N4O2.C8H13N.C2H6.CH4.H2/c1-15(2)16-3-5-17(6-4-16)24(30)18-7-9-19(10-8-18)31-14-22-28-21-13-27-25-20(11-12-26-25)23(21)29-22;9-7-6-8-4-2-1-3-5-8;1-2;;/h3-13H,1,14H2,2H3,(H,26,27)(H,28,29);8H,1-6H2;1-2H3;1H4;1H. The van der Waals surface area contributed by atoms with Gasteiger partial charge in [-0.2, -0.15) is 5.26 Å².